The van der Waals surface area contributed by atoms with E-state index in [-0.39, 0.29) is 18.1 Å². The molecule has 7 nitrogen and oxygen atoms in total. The van der Waals surface area contributed by atoms with Crippen molar-refractivity contribution in [1.29, 1.82) is 0 Å². The van der Waals surface area contributed by atoms with Crippen molar-refractivity contribution < 1.29 is 23.1 Å². The third-order valence-electron chi connectivity index (χ3n) is 5.57. The zero-order valence-corrected chi connectivity index (χ0v) is 16.8. The number of aromatic nitrogens is 1. The molecule has 0 radical (unpaired) electrons. The number of likely N-dealkylation sites (tertiary alicyclic amines) is 1. The summed E-state index contributed by atoms with van der Waals surface area (Å²) in [4.78, 5) is 8.01. The van der Waals surface area contributed by atoms with Gasteiger partial charge in [0.2, 0.25) is 5.96 Å². The molecular formula is C21H24F3N5O2. The monoisotopic (exact) mass is 435 g/mol. The number of anilines is 2. The molecule has 0 unspecified atom stereocenters. The summed E-state index contributed by atoms with van der Waals surface area (Å²) in [5, 5.41) is 12.0. The highest BCUT2D eigenvalue weighted by Gasteiger charge is 2.33. The predicted octanol–water partition coefficient (Wildman–Crippen LogP) is 3.95. The van der Waals surface area contributed by atoms with Crippen LogP contribution in [0.3, 0.4) is 0 Å². The number of halogens is 3. The molecule has 0 atom stereocenters. The van der Waals surface area contributed by atoms with E-state index in [4.69, 9.17) is 15.7 Å². The Bertz CT molecular complexity index is 923. The molecule has 31 heavy (non-hydrogen) atoms. The van der Waals surface area contributed by atoms with Crippen molar-refractivity contribution in [2.75, 3.05) is 18.0 Å². The second kappa shape index (κ2) is 8.52. The number of benzene rings is 1. The Kier molecular flexibility index (Phi) is 5.79. The van der Waals surface area contributed by atoms with Crippen LogP contribution in [0.5, 0.6) is 5.75 Å². The van der Waals surface area contributed by atoms with Crippen molar-refractivity contribution in [2.24, 2.45) is 10.9 Å². The Hall–Kier alpha value is -3.17. The first-order valence-electron chi connectivity index (χ1n) is 10.2. The number of pyridine rings is 1. The molecule has 2 heterocycles. The summed E-state index contributed by atoms with van der Waals surface area (Å²) < 4.78 is 45.3. The van der Waals surface area contributed by atoms with E-state index < -0.39 is 11.7 Å². The highest BCUT2D eigenvalue weighted by atomic mass is 19.4. The summed E-state index contributed by atoms with van der Waals surface area (Å²) in [6.07, 6.45) is 2.39. The second-order valence-corrected chi connectivity index (χ2v) is 7.75. The molecule has 3 N–H and O–H groups in total. The third kappa shape index (κ3) is 4.78. The third-order valence-corrected chi connectivity index (χ3v) is 5.57. The van der Waals surface area contributed by atoms with Gasteiger partial charge < -0.3 is 25.5 Å². The first-order chi connectivity index (χ1) is 14.9. The number of alkyl halides is 3. The molecule has 0 spiro atoms. The van der Waals surface area contributed by atoms with E-state index >= 15 is 0 Å². The minimum absolute atomic E-state index is 0.0229. The van der Waals surface area contributed by atoms with Crippen molar-refractivity contribution in [2.45, 2.75) is 44.0 Å². The van der Waals surface area contributed by atoms with E-state index in [9.17, 15) is 13.2 Å². The summed E-state index contributed by atoms with van der Waals surface area (Å²) in [5.41, 5.74) is 6.36. The number of hydrogen-bond donors (Lipinski definition) is 2. The number of oxime groups is 1. The van der Waals surface area contributed by atoms with Gasteiger partial charge in [0, 0.05) is 37.1 Å². The van der Waals surface area contributed by atoms with Crippen LogP contribution in [0.25, 0.3) is 0 Å². The maximum absolute atomic E-state index is 13.1. The van der Waals surface area contributed by atoms with Gasteiger partial charge >= 0.3 is 6.18 Å². The number of nitrogens with zero attached hydrogens (tertiary/aromatic N) is 4. The van der Waals surface area contributed by atoms with E-state index in [0.717, 1.165) is 30.7 Å². The number of hydrogen-bond acceptors (Lipinski definition) is 5. The number of rotatable bonds is 5. The van der Waals surface area contributed by atoms with Gasteiger partial charge in [-0.2, -0.15) is 13.2 Å². The lowest BCUT2D eigenvalue weighted by molar-refractivity contribution is -0.137. The molecule has 2 aliphatic rings. The van der Waals surface area contributed by atoms with Crippen molar-refractivity contribution in [3.05, 3.63) is 48.3 Å². The van der Waals surface area contributed by atoms with Crippen molar-refractivity contribution in [3.63, 3.8) is 0 Å². The Morgan fingerprint density at radius 3 is 2.39 bits per heavy atom. The Labute approximate surface area is 177 Å². The minimum Gasteiger partial charge on any atom is -0.488 e. The predicted molar refractivity (Wildman–Crippen MR) is 109 cm³/mol. The van der Waals surface area contributed by atoms with Crippen molar-refractivity contribution in [1.82, 2.24) is 9.88 Å². The molecule has 1 saturated heterocycles. The van der Waals surface area contributed by atoms with Gasteiger partial charge in [-0.05, 0) is 49.9 Å². The second-order valence-electron chi connectivity index (χ2n) is 7.75. The largest absolute Gasteiger partial charge is 0.488 e. The van der Waals surface area contributed by atoms with Crippen LogP contribution in [0.1, 0.15) is 31.2 Å². The molecule has 10 heteroatoms. The molecule has 1 saturated carbocycles. The van der Waals surface area contributed by atoms with Crippen LogP contribution in [-0.4, -0.2) is 46.3 Å². The molecule has 1 aromatic heterocycles. The van der Waals surface area contributed by atoms with Gasteiger partial charge in [-0.25, -0.2) is 0 Å². The first kappa shape index (κ1) is 21.1. The molecule has 2 aromatic rings. The summed E-state index contributed by atoms with van der Waals surface area (Å²) in [6.45, 7) is 1.10. The van der Waals surface area contributed by atoms with Crippen LogP contribution in [0.2, 0.25) is 0 Å². The molecule has 1 aromatic carbocycles. The summed E-state index contributed by atoms with van der Waals surface area (Å²) >= 11 is 0. The maximum atomic E-state index is 13.1. The molecule has 4 rings (SSSR count). The summed E-state index contributed by atoms with van der Waals surface area (Å²) in [7, 11) is 0. The zero-order valence-electron chi connectivity index (χ0n) is 16.8. The van der Waals surface area contributed by atoms with Crippen LogP contribution in [0.15, 0.2) is 47.9 Å². The van der Waals surface area contributed by atoms with Crippen LogP contribution in [0.4, 0.5) is 24.5 Å². The fourth-order valence-corrected chi connectivity index (χ4v) is 3.79. The Balaban J connectivity index is 1.67. The van der Waals surface area contributed by atoms with Gasteiger partial charge in [0.05, 0.1) is 17.9 Å². The van der Waals surface area contributed by atoms with Gasteiger partial charge in [0.15, 0.2) is 0 Å². The average molecular weight is 435 g/mol. The Morgan fingerprint density at radius 1 is 1.13 bits per heavy atom. The molecule has 2 fully saturated rings. The quantitative estimate of drug-likeness (QED) is 0.320. The summed E-state index contributed by atoms with van der Waals surface area (Å²) in [6, 6.07) is 6.90. The van der Waals surface area contributed by atoms with Crippen LogP contribution >= 0.6 is 0 Å². The number of guanidine groups is 1. The number of nitrogens with two attached hydrogens (primary N) is 1. The standard InChI is InChI=1S/C21H24F3N5O2/c22-21(23,24)14-1-3-15(4-2-14)29(16-8-11-28(12-9-16)20(25)27-30)18-13-26-10-7-19(18)31-17-5-6-17/h1-4,7,10,13,16-17,30H,5-6,8-9,11-12H2,(H2,25,27). The minimum atomic E-state index is -4.40. The van der Waals surface area contributed by atoms with Gasteiger partial charge in [-0.15, -0.1) is 0 Å². The van der Waals surface area contributed by atoms with E-state index in [0.29, 0.717) is 37.4 Å². The molecule has 0 amide bonds. The van der Waals surface area contributed by atoms with E-state index in [2.05, 4.69) is 10.1 Å². The fourth-order valence-electron chi connectivity index (χ4n) is 3.79. The topological polar surface area (TPSA) is 87.2 Å². The average Bonchev–Trinajstić information content (AvgIpc) is 3.59. The molecule has 1 aliphatic heterocycles. The maximum Gasteiger partial charge on any atom is 0.416 e. The number of piperidine rings is 1. The van der Waals surface area contributed by atoms with Gasteiger partial charge in [-0.3, -0.25) is 4.98 Å². The normalized spacial score (nSPS) is 18.2. The summed E-state index contributed by atoms with van der Waals surface area (Å²) in [5.74, 6) is 0.718. The van der Waals surface area contributed by atoms with Crippen LogP contribution in [-0.2, 0) is 6.18 Å². The van der Waals surface area contributed by atoms with E-state index in [1.165, 1.54) is 12.1 Å². The van der Waals surface area contributed by atoms with Crippen molar-refractivity contribution in [3.8, 4) is 5.75 Å². The highest BCUT2D eigenvalue weighted by molar-refractivity contribution is 5.77. The lowest BCUT2D eigenvalue weighted by Crippen LogP contribution is -2.48. The lowest BCUT2D eigenvalue weighted by Gasteiger charge is -2.40. The molecule has 166 valence electrons. The molecular weight excluding hydrogens is 411 g/mol. The molecule has 1 aliphatic carbocycles. The van der Waals surface area contributed by atoms with Gasteiger partial charge in [0.1, 0.15) is 11.4 Å². The van der Waals surface area contributed by atoms with Crippen LogP contribution in [0, 0.1) is 0 Å². The van der Waals surface area contributed by atoms with Crippen LogP contribution < -0.4 is 15.4 Å². The smallest absolute Gasteiger partial charge is 0.416 e. The fraction of sp³-hybridized carbons (Fsp3) is 0.429. The number of ether oxygens (including phenoxy) is 1. The SMILES string of the molecule is N/C(=N\O)N1CCC(N(c2ccc(C(F)(F)F)cc2)c2cnccc2OC2CC2)CC1. The van der Waals surface area contributed by atoms with Gasteiger partial charge in [-0.1, -0.05) is 5.16 Å². The van der Waals surface area contributed by atoms with E-state index in [1.807, 2.05) is 4.90 Å². The van der Waals surface area contributed by atoms with E-state index in [1.54, 1.807) is 23.4 Å². The Morgan fingerprint density at radius 2 is 1.81 bits per heavy atom. The van der Waals surface area contributed by atoms with Crippen molar-refractivity contribution >= 4 is 17.3 Å². The lowest BCUT2D eigenvalue weighted by atomic mass is 10.0. The first-order valence-corrected chi connectivity index (χ1v) is 10.2. The molecule has 0 bridgehead atoms. The highest BCUT2D eigenvalue weighted by Crippen LogP contribution is 2.40. The van der Waals surface area contributed by atoms with Gasteiger partial charge in [0.25, 0.3) is 0 Å². The zero-order chi connectivity index (χ0) is 22.0.